The molecule has 0 aliphatic rings. The van der Waals surface area contributed by atoms with Gasteiger partial charge in [-0.1, -0.05) is 30.3 Å². The summed E-state index contributed by atoms with van der Waals surface area (Å²) in [6, 6.07) is 8.33. The quantitative estimate of drug-likeness (QED) is 0.819. The van der Waals surface area contributed by atoms with E-state index in [2.05, 4.69) is 9.82 Å². The molecule has 0 unspecified atom stereocenters. The molecule has 1 heterocycles. The highest BCUT2D eigenvalue weighted by molar-refractivity contribution is 7.89. The highest BCUT2D eigenvalue weighted by Gasteiger charge is 2.26. The number of rotatable bonds is 6. The molecule has 0 aliphatic carbocycles. The van der Waals surface area contributed by atoms with Gasteiger partial charge in [0.05, 0.1) is 11.4 Å². The predicted molar refractivity (Wildman–Crippen MR) is 87.9 cm³/mol. The number of aromatic nitrogens is 2. The zero-order valence-corrected chi connectivity index (χ0v) is 14.5. The summed E-state index contributed by atoms with van der Waals surface area (Å²) in [5.41, 5.74) is 1.59. The highest BCUT2D eigenvalue weighted by atomic mass is 32.2. The fraction of sp³-hybridized carbons (Fsp3) is 0.375. The summed E-state index contributed by atoms with van der Waals surface area (Å²) in [5, 5.41) is 4.12. The third kappa shape index (κ3) is 3.86. The first kappa shape index (κ1) is 17.4. The fourth-order valence-corrected chi connectivity index (χ4v) is 4.21. The molecule has 0 saturated heterocycles. The Balaban J connectivity index is 2.13. The molecule has 0 bridgehead atoms. The Morgan fingerprint density at radius 2 is 1.87 bits per heavy atom. The van der Waals surface area contributed by atoms with Crippen LogP contribution in [0.5, 0.6) is 0 Å². The number of hydrogen-bond acceptors (Lipinski definition) is 4. The maximum atomic E-state index is 12.5. The van der Waals surface area contributed by atoms with Crippen LogP contribution in [-0.2, 0) is 17.1 Å². The van der Waals surface area contributed by atoms with Crippen molar-refractivity contribution in [3.63, 3.8) is 0 Å². The number of benzene rings is 1. The monoisotopic (exact) mass is 335 g/mol. The van der Waals surface area contributed by atoms with E-state index in [9.17, 15) is 13.2 Å². The minimum absolute atomic E-state index is 0.0968. The number of sulfonamides is 1. The number of hydrogen-bond donors (Lipinski definition) is 1. The van der Waals surface area contributed by atoms with Gasteiger partial charge in [0, 0.05) is 25.1 Å². The van der Waals surface area contributed by atoms with E-state index < -0.39 is 16.1 Å². The average molecular weight is 335 g/mol. The molecule has 2 aromatic rings. The summed E-state index contributed by atoms with van der Waals surface area (Å²) in [4.78, 5) is 12.3. The number of aryl methyl sites for hydroxylation is 2. The second-order valence-electron chi connectivity index (χ2n) is 5.64. The van der Waals surface area contributed by atoms with Crippen LogP contribution >= 0.6 is 0 Å². The van der Waals surface area contributed by atoms with Crippen LogP contribution in [0.4, 0.5) is 0 Å². The molecule has 0 fully saturated rings. The summed E-state index contributed by atoms with van der Waals surface area (Å²) in [7, 11) is -2.02. The van der Waals surface area contributed by atoms with E-state index in [-0.39, 0.29) is 17.1 Å². The molecule has 6 nitrogen and oxygen atoms in total. The Kier molecular flexibility index (Phi) is 5.01. The second-order valence-corrected chi connectivity index (χ2v) is 7.29. The van der Waals surface area contributed by atoms with Crippen LogP contribution < -0.4 is 4.72 Å². The molecule has 0 radical (unpaired) electrons. The molecular weight excluding hydrogens is 314 g/mol. The first-order valence-corrected chi connectivity index (χ1v) is 8.81. The van der Waals surface area contributed by atoms with Gasteiger partial charge in [-0.25, -0.2) is 13.1 Å². The normalized spacial score (nSPS) is 13.0. The Morgan fingerprint density at radius 1 is 1.26 bits per heavy atom. The fourth-order valence-electron chi connectivity index (χ4n) is 2.53. The van der Waals surface area contributed by atoms with E-state index in [1.165, 1.54) is 4.68 Å². The maximum Gasteiger partial charge on any atom is 0.244 e. The van der Waals surface area contributed by atoms with Crippen molar-refractivity contribution in [1.29, 1.82) is 0 Å². The third-order valence-corrected chi connectivity index (χ3v) is 5.50. The lowest BCUT2D eigenvalue weighted by atomic mass is 10.1. The molecular formula is C16H21N3O3S. The lowest BCUT2D eigenvalue weighted by Gasteiger charge is -2.14. The van der Waals surface area contributed by atoms with Gasteiger partial charge in [-0.3, -0.25) is 9.48 Å². The van der Waals surface area contributed by atoms with Crippen molar-refractivity contribution in [3.05, 3.63) is 47.3 Å². The van der Waals surface area contributed by atoms with Crippen LogP contribution in [-0.4, -0.2) is 30.0 Å². The van der Waals surface area contributed by atoms with Crippen LogP contribution in [0.25, 0.3) is 0 Å². The summed E-state index contributed by atoms with van der Waals surface area (Å²) >= 11 is 0. The van der Waals surface area contributed by atoms with Gasteiger partial charge in [-0.2, -0.15) is 5.10 Å². The number of carbonyl (C=O) groups excluding carboxylic acids is 1. The van der Waals surface area contributed by atoms with Crippen molar-refractivity contribution in [2.24, 2.45) is 7.05 Å². The Labute approximate surface area is 136 Å². The number of ketones is 1. The van der Waals surface area contributed by atoms with Crippen LogP contribution in [0.1, 0.15) is 35.1 Å². The van der Waals surface area contributed by atoms with E-state index in [0.717, 1.165) is 0 Å². The molecule has 1 N–H and O–H groups in total. The second kappa shape index (κ2) is 6.64. The SMILES string of the molecule is Cc1nn(C)c(C)c1S(=O)(=O)N[C@H](C)CC(=O)c1ccccc1. The average Bonchev–Trinajstić information content (AvgIpc) is 2.72. The number of nitrogens with zero attached hydrogens (tertiary/aromatic N) is 2. The Bertz CT molecular complexity index is 811. The molecule has 23 heavy (non-hydrogen) atoms. The van der Waals surface area contributed by atoms with Crippen molar-refractivity contribution in [3.8, 4) is 0 Å². The standard InChI is InChI=1S/C16H21N3O3S/c1-11(10-15(20)14-8-6-5-7-9-14)18-23(21,22)16-12(2)17-19(4)13(16)3/h5-9,11,18H,10H2,1-4H3/t11-/m1/s1. The first-order chi connectivity index (χ1) is 10.7. The molecule has 1 aromatic heterocycles. The molecule has 7 heteroatoms. The zero-order valence-electron chi connectivity index (χ0n) is 13.7. The lowest BCUT2D eigenvalue weighted by Crippen LogP contribution is -2.34. The van der Waals surface area contributed by atoms with Gasteiger partial charge in [0.25, 0.3) is 0 Å². The van der Waals surface area contributed by atoms with Crippen LogP contribution in [0.15, 0.2) is 35.2 Å². The van der Waals surface area contributed by atoms with Gasteiger partial charge in [0.15, 0.2) is 5.78 Å². The number of nitrogens with one attached hydrogen (secondary N) is 1. The van der Waals surface area contributed by atoms with Gasteiger partial charge < -0.3 is 0 Å². The highest BCUT2D eigenvalue weighted by Crippen LogP contribution is 2.19. The third-order valence-electron chi connectivity index (χ3n) is 3.66. The molecule has 0 aliphatic heterocycles. The van der Waals surface area contributed by atoms with E-state index in [1.807, 2.05) is 6.07 Å². The number of carbonyl (C=O) groups is 1. The maximum absolute atomic E-state index is 12.5. The van der Waals surface area contributed by atoms with Gasteiger partial charge in [-0.05, 0) is 20.8 Å². The molecule has 0 saturated carbocycles. The molecule has 124 valence electrons. The summed E-state index contributed by atoms with van der Waals surface area (Å²) in [5.74, 6) is -0.0968. The van der Waals surface area contributed by atoms with E-state index in [4.69, 9.17) is 0 Å². The van der Waals surface area contributed by atoms with Crippen molar-refractivity contribution in [1.82, 2.24) is 14.5 Å². The summed E-state index contributed by atoms with van der Waals surface area (Å²) < 4.78 is 29.2. The van der Waals surface area contributed by atoms with Crippen molar-refractivity contribution in [2.75, 3.05) is 0 Å². The Morgan fingerprint density at radius 3 is 2.39 bits per heavy atom. The van der Waals surface area contributed by atoms with Crippen molar-refractivity contribution in [2.45, 2.75) is 38.1 Å². The van der Waals surface area contributed by atoms with E-state index >= 15 is 0 Å². The minimum atomic E-state index is -3.71. The van der Waals surface area contributed by atoms with Crippen LogP contribution in [0.2, 0.25) is 0 Å². The first-order valence-electron chi connectivity index (χ1n) is 7.33. The van der Waals surface area contributed by atoms with Crippen LogP contribution in [0.3, 0.4) is 0 Å². The van der Waals surface area contributed by atoms with Gasteiger partial charge in [0.1, 0.15) is 4.90 Å². The van der Waals surface area contributed by atoms with Crippen LogP contribution in [0, 0.1) is 13.8 Å². The largest absolute Gasteiger partial charge is 0.294 e. The van der Waals surface area contributed by atoms with E-state index in [0.29, 0.717) is 17.0 Å². The smallest absolute Gasteiger partial charge is 0.244 e. The van der Waals surface area contributed by atoms with Crippen molar-refractivity contribution >= 4 is 15.8 Å². The zero-order chi connectivity index (χ0) is 17.2. The minimum Gasteiger partial charge on any atom is -0.294 e. The Hall–Kier alpha value is -1.99. The van der Waals surface area contributed by atoms with Gasteiger partial charge in [-0.15, -0.1) is 0 Å². The summed E-state index contributed by atoms with van der Waals surface area (Å²) in [6.45, 7) is 5.04. The molecule has 2 rings (SSSR count). The van der Waals surface area contributed by atoms with E-state index in [1.54, 1.807) is 52.1 Å². The summed E-state index contributed by atoms with van der Waals surface area (Å²) in [6.07, 6.45) is 0.0988. The number of Topliss-reactive ketones (excluding diaryl/α,β-unsaturated/α-hetero) is 1. The molecule has 1 aromatic carbocycles. The van der Waals surface area contributed by atoms with Gasteiger partial charge in [0.2, 0.25) is 10.0 Å². The van der Waals surface area contributed by atoms with Gasteiger partial charge >= 0.3 is 0 Å². The predicted octanol–water partition coefficient (Wildman–Crippen LogP) is 1.98. The lowest BCUT2D eigenvalue weighted by molar-refractivity contribution is 0.0975. The molecule has 1 atom stereocenters. The molecule has 0 spiro atoms. The molecule has 0 amide bonds. The van der Waals surface area contributed by atoms with Crippen molar-refractivity contribution < 1.29 is 13.2 Å². The topological polar surface area (TPSA) is 81.1 Å².